The van der Waals surface area contributed by atoms with Crippen LogP contribution in [0, 0.1) is 13.8 Å². The molecule has 0 unspecified atom stereocenters. The molecule has 1 aliphatic heterocycles. The maximum Gasteiger partial charge on any atom is 0.257 e. The molecule has 1 fully saturated rings. The highest BCUT2D eigenvalue weighted by atomic mass is 35.5. The number of benzene rings is 3. The van der Waals surface area contributed by atoms with Crippen molar-refractivity contribution in [2.75, 3.05) is 36.4 Å². The van der Waals surface area contributed by atoms with Crippen LogP contribution in [0.4, 0.5) is 11.4 Å². The Morgan fingerprint density at radius 2 is 1.51 bits per heavy atom. The molecule has 1 saturated heterocycles. The Labute approximate surface area is 215 Å². The van der Waals surface area contributed by atoms with Crippen molar-refractivity contribution in [3.63, 3.8) is 0 Å². The van der Waals surface area contributed by atoms with Crippen LogP contribution in [-0.4, -0.2) is 48.0 Å². The van der Waals surface area contributed by atoms with Gasteiger partial charge in [-0.3, -0.25) is 14.9 Å². The lowest BCUT2D eigenvalue weighted by atomic mass is 10.1. The minimum absolute atomic E-state index is 0.0484. The number of halogens is 1. The van der Waals surface area contributed by atoms with Crippen LogP contribution in [0.5, 0.6) is 0 Å². The van der Waals surface area contributed by atoms with Crippen molar-refractivity contribution in [3.8, 4) is 0 Å². The third-order valence-electron chi connectivity index (χ3n) is 5.84. The summed E-state index contributed by atoms with van der Waals surface area (Å²) in [5.74, 6) is -0.216. The molecule has 3 aromatic rings. The number of anilines is 2. The van der Waals surface area contributed by atoms with Gasteiger partial charge in [0.2, 0.25) is 0 Å². The fourth-order valence-electron chi connectivity index (χ4n) is 4.20. The van der Waals surface area contributed by atoms with E-state index < -0.39 is 0 Å². The summed E-state index contributed by atoms with van der Waals surface area (Å²) < 4.78 is 0. The summed E-state index contributed by atoms with van der Waals surface area (Å²) in [4.78, 5) is 29.3. The van der Waals surface area contributed by atoms with Gasteiger partial charge in [-0.15, -0.1) is 0 Å². The maximum absolute atomic E-state index is 12.7. The van der Waals surface area contributed by atoms with Gasteiger partial charge in [0.1, 0.15) is 0 Å². The molecule has 3 aromatic carbocycles. The van der Waals surface area contributed by atoms with Crippen molar-refractivity contribution < 1.29 is 9.59 Å². The molecule has 0 radical (unpaired) electrons. The first-order valence-corrected chi connectivity index (χ1v) is 12.2. The largest absolute Gasteiger partial charge is 0.367 e. The Kier molecular flexibility index (Phi) is 7.68. The summed E-state index contributed by atoms with van der Waals surface area (Å²) >= 11 is 11.9. The molecule has 0 bridgehead atoms. The van der Waals surface area contributed by atoms with Gasteiger partial charge in [-0.2, -0.15) is 0 Å². The molecule has 0 spiro atoms. The normalized spacial score (nSPS) is 13.3. The first-order valence-electron chi connectivity index (χ1n) is 11.4. The predicted molar refractivity (Wildman–Crippen MR) is 146 cm³/mol. The standard InChI is InChI=1S/C27H27ClN4O2S/c1-18-14-19(2)16-21(15-18)25(33)30-27(35)29-22-8-9-24(23(28)17-22)31-10-12-32(13-11-31)26(34)20-6-4-3-5-7-20/h3-9,14-17H,10-13H2,1-2H3,(H2,29,30,33,35). The van der Waals surface area contributed by atoms with Crippen LogP contribution in [0.1, 0.15) is 31.8 Å². The quantitative estimate of drug-likeness (QED) is 0.485. The summed E-state index contributed by atoms with van der Waals surface area (Å²) in [6.07, 6.45) is 0. The lowest BCUT2D eigenvalue weighted by molar-refractivity contribution is 0.0746. The molecular formula is C27H27ClN4O2S. The average Bonchev–Trinajstić information content (AvgIpc) is 2.84. The fourth-order valence-corrected chi connectivity index (χ4v) is 4.71. The van der Waals surface area contributed by atoms with E-state index in [2.05, 4.69) is 15.5 Å². The molecule has 0 atom stereocenters. The minimum Gasteiger partial charge on any atom is -0.367 e. The molecule has 2 amide bonds. The Morgan fingerprint density at radius 3 is 2.14 bits per heavy atom. The van der Waals surface area contributed by atoms with Gasteiger partial charge in [-0.1, -0.05) is 47.0 Å². The third-order valence-corrected chi connectivity index (χ3v) is 6.35. The monoisotopic (exact) mass is 506 g/mol. The van der Waals surface area contributed by atoms with E-state index in [1.165, 1.54) is 0 Å². The van der Waals surface area contributed by atoms with Gasteiger partial charge in [-0.05, 0) is 68.5 Å². The smallest absolute Gasteiger partial charge is 0.257 e. The Bertz CT molecular complexity index is 1240. The Balaban J connectivity index is 1.33. The first-order chi connectivity index (χ1) is 16.8. The summed E-state index contributed by atoms with van der Waals surface area (Å²) in [6, 6.07) is 20.6. The molecular weight excluding hydrogens is 480 g/mol. The van der Waals surface area contributed by atoms with E-state index in [0.717, 1.165) is 16.8 Å². The van der Waals surface area contributed by atoms with E-state index in [4.69, 9.17) is 23.8 Å². The van der Waals surface area contributed by atoms with E-state index in [0.29, 0.717) is 48.0 Å². The van der Waals surface area contributed by atoms with Crippen molar-refractivity contribution in [2.24, 2.45) is 0 Å². The van der Waals surface area contributed by atoms with Gasteiger partial charge >= 0.3 is 0 Å². The number of hydrogen-bond acceptors (Lipinski definition) is 4. The van der Waals surface area contributed by atoms with Gasteiger partial charge < -0.3 is 15.1 Å². The zero-order valence-corrected chi connectivity index (χ0v) is 21.2. The first kappa shape index (κ1) is 24.7. The molecule has 2 N–H and O–H groups in total. The van der Waals surface area contributed by atoms with Crippen molar-refractivity contribution in [2.45, 2.75) is 13.8 Å². The number of nitrogens with zero attached hydrogens (tertiary/aromatic N) is 2. The van der Waals surface area contributed by atoms with Crippen molar-refractivity contribution in [1.82, 2.24) is 10.2 Å². The summed E-state index contributed by atoms with van der Waals surface area (Å²) in [5.41, 5.74) is 4.87. The number of rotatable bonds is 4. The summed E-state index contributed by atoms with van der Waals surface area (Å²) in [7, 11) is 0. The Morgan fingerprint density at radius 1 is 0.857 bits per heavy atom. The zero-order chi connectivity index (χ0) is 24.9. The van der Waals surface area contributed by atoms with Crippen LogP contribution in [0.3, 0.4) is 0 Å². The molecule has 180 valence electrons. The molecule has 6 nitrogen and oxygen atoms in total. The minimum atomic E-state index is -0.264. The second kappa shape index (κ2) is 10.9. The summed E-state index contributed by atoms with van der Waals surface area (Å²) in [6.45, 7) is 6.53. The third kappa shape index (κ3) is 6.18. The van der Waals surface area contributed by atoms with Crippen molar-refractivity contribution >= 4 is 52.1 Å². The van der Waals surface area contributed by atoms with Crippen molar-refractivity contribution in [1.29, 1.82) is 0 Å². The van der Waals surface area contributed by atoms with Crippen LogP contribution in [-0.2, 0) is 0 Å². The highest BCUT2D eigenvalue weighted by Gasteiger charge is 2.23. The maximum atomic E-state index is 12.7. The van der Waals surface area contributed by atoms with E-state index >= 15 is 0 Å². The number of carbonyl (C=O) groups excluding carboxylic acids is 2. The molecule has 4 rings (SSSR count). The van der Waals surface area contributed by atoms with E-state index in [1.807, 2.05) is 79.4 Å². The van der Waals surface area contributed by atoms with Gasteiger partial charge in [0.15, 0.2) is 5.11 Å². The number of piperazine rings is 1. The topological polar surface area (TPSA) is 64.7 Å². The van der Waals surface area contributed by atoms with Crippen LogP contribution >= 0.6 is 23.8 Å². The molecule has 1 heterocycles. The number of aryl methyl sites for hydroxylation is 2. The van der Waals surface area contributed by atoms with Crippen LogP contribution in [0.2, 0.25) is 5.02 Å². The number of carbonyl (C=O) groups is 2. The number of amides is 2. The fraction of sp³-hybridized carbons (Fsp3) is 0.222. The van der Waals surface area contributed by atoms with Crippen LogP contribution in [0.15, 0.2) is 66.7 Å². The second-order valence-corrected chi connectivity index (χ2v) is 9.41. The molecule has 0 aliphatic carbocycles. The predicted octanol–water partition coefficient (Wildman–Crippen LogP) is 5.05. The van der Waals surface area contributed by atoms with Gasteiger partial charge in [-0.25, -0.2) is 0 Å². The molecule has 1 aliphatic rings. The van der Waals surface area contributed by atoms with Crippen LogP contribution in [0.25, 0.3) is 0 Å². The number of thiocarbonyl (C=S) groups is 1. The molecule has 35 heavy (non-hydrogen) atoms. The SMILES string of the molecule is Cc1cc(C)cc(C(=O)NC(=S)Nc2ccc(N3CCN(C(=O)c4ccccc4)CC3)c(Cl)c2)c1. The van der Waals surface area contributed by atoms with E-state index in [9.17, 15) is 9.59 Å². The van der Waals surface area contributed by atoms with Gasteiger partial charge in [0.05, 0.1) is 10.7 Å². The number of nitrogens with one attached hydrogen (secondary N) is 2. The molecule has 0 aromatic heterocycles. The van der Waals surface area contributed by atoms with E-state index in [1.54, 1.807) is 6.07 Å². The van der Waals surface area contributed by atoms with E-state index in [-0.39, 0.29) is 16.9 Å². The van der Waals surface area contributed by atoms with Gasteiger partial charge in [0.25, 0.3) is 11.8 Å². The van der Waals surface area contributed by atoms with Crippen molar-refractivity contribution in [3.05, 3.63) is 94.0 Å². The lowest BCUT2D eigenvalue weighted by Gasteiger charge is -2.36. The van der Waals surface area contributed by atoms with Crippen LogP contribution < -0.4 is 15.5 Å². The van der Waals surface area contributed by atoms with Gasteiger partial charge in [0, 0.05) is 43.0 Å². The summed E-state index contributed by atoms with van der Waals surface area (Å²) in [5, 5.41) is 6.51. The molecule has 8 heteroatoms. The zero-order valence-electron chi connectivity index (χ0n) is 19.7. The highest BCUT2D eigenvalue weighted by molar-refractivity contribution is 7.80. The second-order valence-electron chi connectivity index (χ2n) is 8.60. The lowest BCUT2D eigenvalue weighted by Crippen LogP contribution is -2.48. The number of hydrogen-bond donors (Lipinski definition) is 2. The average molecular weight is 507 g/mol. The molecule has 0 saturated carbocycles. The highest BCUT2D eigenvalue weighted by Crippen LogP contribution is 2.30. The Hall–Kier alpha value is -3.42.